The van der Waals surface area contributed by atoms with Crippen LogP contribution >= 0.6 is 0 Å². The summed E-state index contributed by atoms with van der Waals surface area (Å²) >= 11 is 0. The first-order valence-corrected chi connectivity index (χ1v) is 8.54. The van der Waals surface area contributed by atoms with Crippen molar-refractivity contribution < 1.29 is 19.1 Å². The number of hydrogen-bond acceptors (Lipinski definition) is 4. The minimum Gasteiger partial charge on any atom is -0.466 e. The number of esters is 2. The van der Waals surface area contributed by atoms with E-state index < -0.39 is 0 Å². The fourth-order valence-electron chi connectivity index (χ4n) is 2.10. The Bertz CT molecular complexity index is 280. The minimum absolute atomic E-state index is 0.186. The van der Waals surface area contributed by atoms with E-state index in [0.717, 1.165) is 38.5 Å². The average Bonchev–Trinajstić information content (AvgIpc) is 2.46. The van der Waals surface area contributed by atoms with Crippen LogP contribution in [0.15, 0.2) is 12.2 Å². The topological polar surface area (TPSA) is 52.6 Å². The summed E-state index contributed by atoms with van der Waals surface area (Å²) in [6.07, 6.45) is 15.8. The Hall–Kier alpha value is -1.32. The molecule has 0 atom stereocenters. The van der Waals surface area contributed by atoms with Crippen molar-refractivity contribution in [2.45, 2.75) is 78.1 Å². The summed E-state index contributed by atoms with van der Waals surface area (Å²) in [6.45, 7) is 4.01. The maximum absolute atomic E-state index is 10.6. The van der Waals surface area contributed by atoms with E-state index in [1.54, 1.807) is 0 Å². The van der Waals surface area contributed by atoms with E-state index in [1.165, 1.54) is 39.5 Å². The fraction of sp³-hybridized carbons (Fsp3) is 0.778. The maximum Gasteiger partial charge on any atom is 0.302 e. The van der Waals surface area contributed by atoms with E-state index in [0.29, 0.717) is 13.2 Å². The molecule has 0 aliphatic carbocycles. The SMILES string of the molecule is CC(=O)OCCCCCC/C=C\CCCCCCOC(C)=O. The third-order valence-corrected chi connectivity index (χ3v) is 3.31. The quantitative estimate of drug-likeness (QED) is 0.268. The van der Waals surface area contributed by atoms with Crippen LogP contribution in [0.4, 0.5) is 0 Å². The Balaban J connectivity index is 3.12. The van der Waals surface area contributed by atoms with Gasteiger partial charge >= 0.3 is 11.9 Å². The molecule has 0 bridgehead atoms. The predicted molar refractivity (Wildman–Crippen MR) is 88.6 cm³/mol. The van der Waals surface area contributed by atoms with Crippen molar-refractivity contribution in [3.8, 4) is 0 Å². The molecule has 0 aliphatic rings. The number of carbonyl (C=O) groups is 2. The first-order chi connectivity index (χ1) is 10.6. The standard InChI is InChI=1S/C18H32O4/c1-17(19)21-15-13-11-9-7-5-3-4-6-8-10-12-14-16-22-18(2)20/h3-4H,5-16H2,1-2H3/b4-3-. The lowest BCUT2D eigenvalue weighted by molar-refractivity contribution is -0.142. The highest BCUT2D eigenvalue weighted by Crippen LogP contribution is 2.07. The van der Waals surface area contributed by atoms with Crippen molar-refractivity contribution in [2.75, 3.05) is 13.2 Å². The largest absolute Gasteiger partial charge is 0.466 e. The highest BCUT2D eigenvalue weighted by molar-refractivity contribution is 5.66. The van der Waals surface area contributed by atoms with Crippen LogP contribution in [0.3, 0.4) is 0 Å². The molecule has 4 heteroatoms. The summed E-state index contributed by atoms with van der Waals surface area (Å²) in [4.78, 5) is 21.1. The van der Waals surface area contributed by atoms with E-state index in [2.05, 4.69) is 12.2 Å². The van der Waals surface area contributed by atoms with E-state index >= 15 is 0 Å². The highest BCUT2D eigenvalue weighted by atomic mass is 16.5. The van der Waals surface area contributed by atoms with Crippen molar-refractivity contribution in [1.82, 2.24) is 0 Å². The van der Waals surface area contributed by atoms with Gasteiger partial charge < -0.3 is 9.47 Å². The van der Waals surface area contributed by atoms with Crippen LogP contribution in [0.2, 0.25) is 0 Å². The van der Waals surface area contributed by atoms with E-state index in [4.69, 9.17) is 9.47 Å². The van der Waals surface area contributed by atoms with Gasteiger partial charge in [0.25, 0.3) is 0 Å². The second kappa shape index (κ2) is 16.1. The summed E-state index contributed by atoms with van der Waals surface area (Å²) in [7, 11) is 0. The number of rotatable bonds is 14. The van der Waals surface area contributed by atoms with Crippen molar-refractivity contribution in [1.29, 1.82) is 0 Å². The third-order valence-electron chi connectivity index (χ3n) is 3.31. The zero-order chi connectivity index (χ0) is 16.5. The van der Waals surface area contributed by atoms with E-state index in [9.17, 15) is 9.59 Å². The van der Waals surface area contributed by atoms with Gasteiger partial charge in [-0.1, -0.05) is 37.8 Å². The van der Waals surface area contributed by atoms with Gasteiger partial charge in [0.2, 0.25) is 0 Å². The molecule has 0 fully saturated rings. The average molecular weight is 312 g/mol. The summed E-state index contributed by atoms with van der Waals surface area (Å²) in [5.74, 6) is -0.372. The number of hydrogen-bond donors (Lipinski definition) is 0. The van der Waals surface area contributed by atoms with Crippen LogP contribution in [0.1, 0.15) is 78.1 Å². The van der Waals surface area contributed by atoms with Gasteiger partial charge in [0.1, 0.15) is 0 Å². The second-order valence-electron chi connectivity index (χ2n) is 5.56. The Labute approximate surface area is 135 Å². The predicted octanol–water partition coefficient (Wildman–Crippen LogP) is 4.57. The Morgan fingerprint density at radius 3 is 1.36 bits per heavy atom. The second-order valence-corrected chi connectivity index (χ2v) is 5.56. The van der Waals surface area contributed by atoms with Crippen LogP contribution in [0.25, 0.3) is 0 Å². The van der Waals surface area contributed by atoms with Gasteiger partial charge in [0, 0.05) is 13.8 Å². The van der Waals surface area contributed by atoms with Crippen molar-refractivity contribution in [3.63, 3.8) is 0 Å². The van der Waals surface area contributed by atoms with E-state index in [1.807, 2.05) is 0 Å². The monoisotopic (exact) mass is 312 g/mol. The van der Waals surface area contributed by atoms with Crippen molar-refractivity contribution in [2.24, 2.45) is 0 Å². The molecule has 0 saturated carbocycles. The summed E-state index contributed by atoms with van der Waals surface area (Å²) in [5, 5.41) is 0. The summed E-state index contributed by atoms with van der Waals surface area (Å²) in [5.41, 5.74) is 0. The van der Waals surface area contributed by atoms with Gasteiger partial charge in [-0.05, 0) is 38.5 Å². The molecule has 0 aromatic carbocycles. The van der Waals surface area contributed by atoms with Crippen LogP contribution < -0.4 is 0 Å². The minimum atomic E-state index is -0.186. The van der Waals surface area contributed by atoms with Crippen LogP contribution in [0.5, 0.6) is 0 Å². The molecule has 128 valence electrons. The first-order valence-electron chi connectivity index (χ1n) is 8.54. The molecular weight excluding hydrogens is 280 g/mol. The van der Waals surface area contributed by atoms with Crippen LogP contribution in [0, 0.1) is 0 Å². The smallest absolute Gasteiger partial charge is 0.302 e. The highest BCUT2D eigenvalue weighted by Gasteiger charge is 1.94. The molecule has 0 aromatic rings. The van der Waals surface area contributed by atoms with Crippen molar-refractivity contribution in [3.05, 3.63) is 12.2 Å². The lowest BCUT2D eigenvalue weighted by atomic mass is 10.1. The molecule has 0 rings (SSSR count). The zero-order valence-electron chi connectivity index (χ0n) is 14.3. The molecule has 0 aliphatic heterocycles. The molecule has 0 N–H and O–H groups in total. The summed E-state index contributed by atoms with van der Waals surface area (Å²) in [6, 6.07) is 0. The summed E-state index contributed by atoms with van der Waals surface area (Å²) < 4.78 is 9.77. The van der Waals surface area contributed by atoms with Gasteiger partial charge in [0.15, 0.2) is 0 Å². The van der Waals surface area contributed by atoms with Gasteiger partial charge in [-0.15, -0.1) is 0 Å². The Morgan fingerprint density at radius 2 is 1.00 bits per heavy atom. The molecule has 0 spiro atoms. The fourth-order valence-corrected chi connectivity index (χ4v) is 2.10. The lowest BCUT2D eigenvalue weighted by Crippen LogP contribution is -2.00. The molecule has 22 heavy (non-hydrogen) atoms. The van der Waals surface area contributed by atoms with Crippen LogP contribution in [-0.2, 0) is 19.1 Å². The maximum atomic E-state index is 10.6. The van der Waals surface area contributed by atoms with Gasteiger partial charge in [0.05, 0.1) is 13.2 Å². The van der Waals surface area contributed by atoms with Gasteiger partial charge in [-0.2, -0.15) is 0 Å². The first kappa shape index (κ1) is 20.7. The lowest BCUT2D eigenvalue weighted by Gasteiger charge is -2.01. The molecule has 0 unspecified atom stereocenters. The Kier molecular flexibility index (Phi) is 15.1. The van der Waals surface area contributed by atoms with Crippen molar-refractivity contribution >= 4 is 11.9 Å². The van der Waals surface area contributed by atoms with Gasteiger partial charge in [-0.25, -0.2) is 0 Å². The molecule has 0 aromatic heterocycles. The Morgan fingerprint density at radius 1 is 0.636 bits per heavy atom. The number of carbonyl (C=O) groups excluding carboxylic acids is 2. The molecule has 0 radical (unpaired) electrons. The van der Waals surface area contributed by atoms with E-state index in [-0.39, 0.29) is 11.9 Å². The third kappa shape index (κ3) is 18.7. The molecule has 0 amide bonds. The van der Waals surface area contributed by atoms with Crippen LogP contribution in [-0.4, -0.2) is 25.2 Å². The molecule has 0 saturated heterocycles. The number of ether oxygens (including phenoxy) is 2. The number of unbranched alkanes of at least 4 members (excludes halogenated alkanes) is 8. The zero-order valence-corrected chi connectivity index (χ0v) is 14.3. The van der Waals surface area contributed by atoms with Gasteiger partial charge in [-0.3, -0.25) is 9.59 Å². The normalized spacial score (nSPS) is 10.8. The molecule has 0 heterocycles. The number of allylic oxidation sites excluding steroid dienone is 2. The molecule has 4 nitrogen and oxygen atoms in total. The molecular formula is C18H32O4.